The van der Waals surface area contributed by atoms with E-state index in [1.807, 2.05) is 0 Å². The molecule has 0 bridgehead atoms. The normalized spacial score (nSPS) is 26.9. The molecule has 1 saturated heterocycles. The van der Waals surface area contributed by atoms with Crippen molar-refractivity contribution in [3.05, 3.63) is 18.6 Å². The molecule has 5 N–H and O–H groups in total. The van der Waals surface area contributed by atoms with Crippen molar-refractivity contribution in [1.29, 1.82) is 0 Å². The molecule has 102 valence electrons. The summed E-state index contributed by atoms with van der Waals surface area (Å²) >= 11 is 0. The topological polar surface area (TPSA) is 122 Å². The van der Waals surface area contributed by atoms with Crippen molar-refractivity contribution in [2.45, 2.75) is 24.9 Å². The number of aromatic amines is 1. The van der Waals surface area contributed by atoms with Gasteiger partial charge in [-0.1, -0.05) is 0 Å². The summed E-state index contributed by atoms with van der Waals surface area (Å²) < 4.78 is 7.01. The standard InChI is InChI=1S/C11H15N5O3/c12-10-6(11-13-1-2-14-11)4-15-16(10)9-3-7(18)8(5-17)19-9/h1-2,4,7-9,17-18H,3,5,12H2,(H,13,14)/t7-,8+,9+/m0/s1. The molecule has 1 fully saturated rings. The second kappa shape index (κ2) is 4.65. The number of nitrogens with one attached hydrogen (secondary N) is 1. The van der Waals surface area contributed by atoms with Crippen LogP contribution < -0.4 is 5.73 Å². The molecule has 3 atom stereocenters. The van der Waals surface area contributed by atoms with E-state index < -0.39 is 18.4 Å². The Bertz CT molecular complexity index is 553. The summed E-state index contributed by atoms with van der Waals surface area (Å²) in [7, 11) is 0. The number of ether oxygens (including phenoxy) is 1. The van der Waals surface area contributed by atoms with E-state index in [2.05, 4.69) is 15.1 Å². The van der Waals surface area contributed by atoms with Crippen LogP contribution in [0.4, 0.5) is 5.82 Å². The predicted octanol–water partition coefficient (Wildman–Crippen LogP) is -0.504. The smallest absolute Gasteiger partial charge is 0.155 e. The van der Waals surface area contributed by atoms with Crippen LogP contribution in [0.2, 0.25) is 0 Å². The van der Waals surface area contributed by atoms with Crippen molar-refractivity contribution in [2.24, 2.45) is 0 Å². The molecule has 0 amide bonds. The third-order valence-corrected chi connectivity index (χ3v) is 3.24. The molecular formula is C11H15N5O3. The highest BCUT2D eigenvalue weighted by Crippen LogP contribution is 2.32. The first-order chi connectivity index (χ1) is 9.20. The Balaban J connectivity index is 1.87. The summed E-state index contributed by atoms with van der Waals surface area (Å²) in [6.45, 7) is -0.232. The average Bonchev–Trinajstić information content (AvgIpc) is 3.08. The summed E-state index contributed by atoms with van der Waals surface area (Å²) in [5.74, 6) is 1.03. The Hall–Kier alpha value is -1.90. The second-order valence-corrected chi connectivity index (χ2v) is 4.44. The van der Waals surface area contributed by atoms with Crippen molar-refractivity contribution in [3.8, 4) is 11.4 Å². The van der Waals surface area contributed by atoms with E-state index in [9.17, 15) is 5.11 Å². The van der Waals surface area contributed by atoms with Gasteiger partial charge in [-0.3, -0.25) is 0 Å². The van der Waals surface area contributed by atoms with Gasteiger partial charge in [0.25, 0.3) is 0 Å². The number of hydrogen-bond donors (Lipinski definition) is 4. The number of nitrogen functional groups attached to an aromatic ring is 1. The number of nitrogens with two attached hydrogens (primary N) is 1. The van der Waals surface area contributed by atoms with Gasteiger partial charge in [-0.05, 0) is 0 Å². The monoisotopic (exact) mass is 265 g/mol. The molecule has 0 unspecified atom stereocenters. The second-order valence-electron chi connectivity index (χ2n) is 4.44. The maximum atomic E-state index is 9.72. The lowest BCUT2D eigenvalue weighted by Gasteiger charge is -2.13. The van der Waals surface area contributed by atoms with Crippen molar-refractivity contribution < 1.29 is 14.9 Å². The highest BCUT2D eigenvalue weighted by Gasteiger charge is 2.36. The molecule has 0 radical (unpaired) electrons. The summed E-state index contributed by atoms with van der Waals surface area (Å²) in [4.78, 5) is 7.07. The van der Waals surface area contributed by atoms with Crippen LogP contribution in [-0.2, 0) is 4.74 Å². The van der Waals surface area contributed by atoms with Crippen LogP contribution in [0.25, 0.3) is 11.4 Å². The van der Waals surface area contributed by atoms with Gasteiger partial charge >= 0.3 is 0 Å². The lowest BCUT2D eigenvalue weighted by molar-refractivity contribution is -0.0475. The molecule has 0 spiro atoms. The van der Waals surface area contributed by atoms with E-state index in [1.54, 1.807) is 18.6 Å². The summed E-state index contributed by atoms with van der Waals surface area (Å²) in [6, 6.07) is 0. The van der Waals surface area contributed by atoms with E-state index in [0.717, 1.165) is 0 Å². The van der Waals surface area contributed by atoms with Gasteiger partial charge in [-0.15, -0.1) is 0 Å². The molecule has 0 saturated carbocycles. The van der Waals surface area contributed by atoms with E-state index >= 15 is 0 Å². The Morgan fingerprint density at radius 2 is 2.42 bits per heavy atom. The van der Waals surface area contributed by atoms with Crippen LogP contribution in [0.15, 0.2) is 18.6 Å². The van der Waals surface area contributed by atoms with Crippen LogP contribution in [0.3, 0.4) is 0 Å². The highest BCUT2D eigenvalue weighted by atomic mass is 16.5. The molecule has 8 heteroatoms. The van der Waals surface area contributed by atoms with Crippen molar-refractivity contribution in [2.75, 3.05) is 12.3 Å². The van der Waals surface area contributed by atoms with Gasteiger partial charge in [0.2, 0.25) is 0 Å². The first-order valence-corrected chi connectivity index (χ1v) is 5.98. The number of H-pyrrole nitrogens is 1. The number of nitrogens with zero attached hydrogens (tertiary/aromatic N) is 3. The fourth-order valence-corrected chi connectivity index (χ4v) is 2.22. The Morgan fingerprint density at radius 3 is 3.05 bits per heavy atom. The molecule has 3 heterocycles. The van der Waals surface area contributed by atoms with Gasteiger partial charge < -0.3 is 25.7 Å². The van der Waals surface area contributed by atoms with Crippen molar-refractivity contribution in [3.63, 3.8) is 0 Å². The van der Waals surface area contributed by atoms with Crippen LogP contribution >= 0.6 is 0 Å². The number of aliphatic hydroxyl groups is 2. The highest BCUT2D eigenvalue weighted by molar-refractivity contribution is 5.67. The lowest BCUT2D eigenvalue weighted by Crippen LogP contribution is -2.24. The SMILES string of the molecule is Nc1c(-c2ncc[nH]2)cnn1[C@H]1C[C@H](O)[C@@H](CO)O1. The van der Waals surface area contributed by atoms with E-state index in [4.69, 9.17) is 15.6 Å². The average molecular weight is 265 g/mol. The lowest BCUT2D eigenvalue weighted by atomic mass is 10.2. The summed E-state index contributed by atoms with van der Waals surface area (Å²) in [6.07, 6.45) is 3.47. The van der Waals surface area contributed by atoms with Crippen LogP contribution in [0.5, 0.6) is 0 Å². The molecule has 8 nitrogen and oxygen atoms in total. The first kappa shape index (κ1) is 12.2. The Morgan fingerprint density at radius 1 is 1.58 bits per heavy atom. The minimum Gasteiger partial charge on any atom is -0.394 e. The van der Waals surface area contributed by atoms with Gasteiger partial charge in [0.1, 0.15) is 17.7 Å². The first-order valence-electron chi connectivity index (χ1n) is 5.98. The zero-order chi connectivity index (χ0) is 13.4. The predicted molar refractivity (Wildman–Crippen MR) is 65.8 cm³/mol. The van der Waals surface area contributed by atoms with Gasteiger partial charge in [-0.25, -0.2) is 9.67 Å². The molecular weight excluding hydrogens is 250 g/mol. The third kappa shape index (κ3) is 1.99. The van der Waals surface area contributed by atoms with E-state index in [0.29, 0.717) is 23.6 Å². The van der Waals surface area contributed by atoms with Gasteiger partial charge in [-0.2, -0.15) is 5.10 Å². The number of imidazole rings is 1. The third-order valence-electron chi connectivity index (χ3n) is 3.24. The van der Waals surface area contributed by atoms with Gasteiger partial charge in [0.15, 0.2) is 6.23 Å². The van der Waals surface area contributed by atoms with Gasteiger partial charge in [0, 0.05) is 18.8 Å². The Kier molecular flexibility index (Phi) is 2.97. The molecule has 1 aliphatic heterocycles. The number of aliphatic hydroxyl groups excluding tert-OH is 2. The van der Waals surface area contributed by atoms with Crippen LogP contribution in [0, 0.1) is 0 Å². The van der Waals surface area contributed by atoms with Crippen molar-refractivity contribution in [1.82, 2.24) is 19.7 Å². The molecule has 2 aromatic rings. The van der Waals surface area contributed by atoms with Gasteiger partial charge in [0.05, 0.1) is 24.5 Å². The molecule has 1 aliphatic rings. The molecule has 2 aromatic heterocycles. The van der Waals surface area contributed by atoms with Crippen LogP contribution in [0.1, 0.15) is 12.6 Å². The number of hydrogen-bond acceptors (Lipinski definition) is 6. The zero-order valence-electron chi connectivity index (χ0n) is 10.1. The van der Waals surface area contributed by atoms with E-state index in [-0.39, 0.29) is 6.61 Å². The molecule has 0 aromatic carbocycles. The molecule has 19 heavy (non-hydrogen) atoms. The Labute approximate surface area is 108 Å². The summed E-state index contributed by atoms with van der Waals surface area (Å²) in [5, 5.41) is 23.0. The van der Waals surface area contributed by atoms with Crippen molar-refractivity contribution >= 4 is 5.82 Å². The maximum absolute atomic E-state index is 9.72. The summed E-state index contributed by atoms with van der Waals surface area (Å²) in [5.41, 5.74) is 6.70. The minimum absolute atomic E-state index is 0.232. The maximum Gasteiger partial charge on any atom is 0.155 e. The number of anilines is 1. The number of rotatable bonds is 3. The molecule has 0 aliphatic carbocycles. The molecule has 3 rings (SSSR count). The van der Waals surface area contributed by atoms with Crippen LogP contribution in [-0.4, -0.2) is 48.8 Å². The minimum atomic E-state index is -0.717. The number of aromatic nitrogens is 4. The zero-order valence-corrected chi connectivity index (χ0v) is 10.1. The van der Waals surface area contributed by atoms with E-state index in [1.165, 1.54) is 4.68 Å². The quantitative estimate of drug-likeness (QED) is 0.593. The fraction of sp³-hybridized carbons (Fsp3) is 0.455. The fourth-order valence-electron chi connectivity index (χ4n) is 2.22. The largest absolute Gasteiger partial charge is 0.394 e.